The molecule has 0 amide bonds. The lowest BCUT2D eigenvalue weighted by Crippen LogP contribution is -2.25. The van der Waals surface area contributed by atoms with E-state index < -0.39 is 0 Å². The third kappa shape index (κ3) is 3.63. The van der Waals surface area contributed by atoms with Crippen molar-refractivity contribution in [1.29, 1.82) is 0 Å². The fourth-order valence-electron chi connectivity index (χ4n) is 3.84. The molecule has 0 spiro atoms. The van der Waals surface area contributed by atoms with Crippen LogP contribution in [0.15, 0.2) is 18.2 Å². The van der Waals surface area contributed by atoms with E-state index in [2.05, 4.69) is 44.4 Å². The van der Waals surface area contributed by atoms with Crippen molar-refractivity contribution in [3.05, 3.63) is 34.9 Å². The van der Waals surface area contributed by atoms with Crippen LogP contribution < -0.4 is 5.32 Å². The van der Waals surface area contributed by atoms with Crippen molar-refractivity contribution in [3.8, 4) is 0 Å². The molecule has 0 saturated heterocycles. The summed E-state index contributed by atoms with van der Waals surface area (Å²) >= 11 is 0. The molecule has 0 radical (unpaired) electrons. The van der Waals surface area contributed by atoms with Crippen LogP contribution in [0, 0.1) is 5.92 Å². The molecule has 1 aromatic carbocycles. The number of hydrogen-bond donors (Lipinski definition) is 1. The first-order valence-electron chi connectivity index (χ1n) is 8.59. The molecule has 20 heavy (non-hydrogen) atoms. The van der Waals surface area contributed by atoms with Crippen molar-refractivity contribution >= 4 is 0 Å². The third-order valence-electron chi connectivity index (χ3n) is 4.83. The number of rotatable bonds is 7. The van der Waals surface area contributed by atoms with Crippen LogP contribution in [-0.4, -0.2) is 7.05 Å². The second kappa shape index (κ2) is 7.83. The number of aryl methyl sites for hydroxylation is 2. The molecule has 0 aromatic heterocycles. The summed E-state index contributed by atoms with van der Waals surface area (Å²) in [6.07, 6.45) is 10.5. The normalized spacial score (nSPS) is 16.2. The van der Waals surface area contributed by atoms with Gasteiger partial charge in [-0.3, -0.25) is 0 Å². The Balaban J connectivity index is 2.21. The lowest BCUT2D eigenvalue weighted by molar-refractivity contribution is 0.330. The van der Waals surface area contributed by atoms with E-state index in [-0.39, 0.29) is 0 Å². The quantitative estimate of drug-likeness (QED) is 0.733. The molecule has 1 atom stereocenters. The molecule has 1 aliphatic rings. The smallest absolute Gasteiger partial charge is 0.0346 e. The molecule has 1 nitrogen and oxygen atoms in total. The van der Waals surface area contributed by atoms with E-state index >= 15 is 0 Å². The number of fused-ring (bicyclic) bond motifs is 1. The fraction of sp³-hybridized carbons (Fsp3) is 0.684. The average Bonchev–Trinajstić information content (AvgIpc) is 2.48. The zero-order chi connectivity index (χ0) is 14.4. The van der Waals surface area contributed by atoms with Crippen LogP contribution in [0.25, 0.3) is 0 Å². The van der Waals surface area contributed by atoms with Gasteiger partial charge in [0.2, 0.25) is 0 Å². The molecular formula is C19H31N. The highest BCUT2D eigenvalue weighted by molar-refractivity contribution is 5.35. The molecule has 1 N–H and O–H groups in total. The molecule has 0 fully saturated rings. The molecule has 112 valence electrons. The highest BCUT2D eigenvalue weighted by Crippen LogP contribution is 2.32. The summed E-state index contributed by atoms with van der Waals surface area (Å²) in [6, 6.07) is 7.79. The molecule has 0 aliphatic heterocycles. The minimum atomic E-state index is 0.530. The first kappa shape index (κ1) is 15.6. The molecule has 1 aliphatic carbocycles. The van der Waals surface area contributed by atoms with Crippen molar-refractivity contribution in [2.45, 2.75) is 71.3 Å². The summed E-state index contributed by atoms with van der Waals surface area (Å²) < 4.78 is 0. The highest BCUT2D eigenvalue weighted by atomic mass is 14.9. The van der Waals surface area contributed by atoms with Gasteiger partial charge in [0.15, 0.2) is 0 Å². The van der Waals surface area contributed by atoms with Crippen molar-refractivity contribution in [2.24, 2.45) is 5.92 Å². The number of hydrogen-bond acceptors (Lipinski definition) is 1. The molecule has 2 rings (SSSR count). The summed E-state index contributed by atoms with van der Waals surface area (Å²) in [4.78, 5) is 0. The van der Waals surface area contributed by atoms with Gasteiger partial charge in [-0.15, -0.1) is 0 Å². The minimum Gasteiger partial charge on any atom is -0.313 e. The summed E-state index contributed by atoms with van der Waals surface area (Å²) in [6.45, 7) is 4.62. The Labute approximate surface area is 125 Å². The highest BCUT2D eigenvalue weighted by Gasteiger charge is 2.21. The van der Waals surface area contributed by atoms with Crippen LogP contribution in [0.5, 0.6) is 0 Å². The maximum absolute atomic E-state index is 3.59. The van der Waals surface area contributed by atoms with Crippen molar-refractivity contribution in [2.75, 3.05) is 7.05 Å². The van der Waals surface area contributed by atoms with Crippen LogP contribution in [0.3, 0.4) is 0 Å². The van der Waals surface area contributed by atoms with Crippen molar-refractivity contribution in [3.63, 3.8) is 0 Å². The van der Waals surface area contributed by atoms with Gasteiger partial charge in [-0.2, -0.15) is 0 Å². The van der Waals surface area contributed by atoms with Gasteiger partial charge in [0, 0.05) is 6.04 Å². The Morgan fingerprint density at radius 3 is 2.25 bits per heavy atom. The van der Waals surface area contributed by atoms with Crippen LogP contribution in [0.2, 0.25) is 0 Å². The molecule has 0 saturated carbocycles. The molecule has 1 heteroatoms. The monoisotopic (exact) mass is 273 g/mol. The van der Waals surface area contributed by atoms with E-state index in [4.69, 9.17) is 0 Å². The molecular weight excluding hydrogens is 242 g/mol. The van der Waals surface area contributed by atoms with Gasteiger partial charge in [0.05, 0.1) is 0 Å². The lowest BCUT2D eigenvalue weighted by Gasteiger charge is -2.28. The number of benzene rings is 1. The van der Waals surface area contributed by atoms with Crippen LogP contribution in [-0.2, 0) is 12.8 Å². The van der Waals surface area contributed by atoms with Gasteiger partial charge in [-0.25, -0.2) is 0 Å². The first-order valence-corrected chi connectivity index (χ1v) is 8.59. The van der Waals surface area contributed by atoms with Crippen molar-refractivity contribution in [1.82, 2.24) is 5.32 Å². The second-order valence-electron chi connectivity index (χ2n) is 6.34. The lowest BCUT2D eigenvalue weighted by atomic mass is 9.83. The fourth-order valence-corrected chi connectivity index (χ4v) is 3.84. The van der Waals surface area contributed by atoms with Crippen molar-refractivity contribution < 1.29 is 0 Å². The van der Waals surface area contributed by atoms with E-state index in [1.165, 1.54) is 56.9 Å². The van der Waals surface area contributed by atoms with E-state index in [1.54, 1.807) is 11.1 Å². The number of nitrogens with one attached hydrogen (secondary N) is 1. The zero-order valence-corrected chi connectivity index (χ0v) is 13.5. The van der Waals surface area contributed by atoms with Gasteiger partial charge in [0.25, 0.3) is 0 Å². The molecule has 1 aromatic rings. The van der Waals surface area contributed by atoms with Gasteiger partial charge < -0.3 is 5.32 Å². The van der Waals surface area contributed by atoms with Gasteiger partial charge in [0.1, 0.15) is 0 Å². The Bertz CT molecular complexity index is 404. The Morgan fingerprint density at radius 1 is 1.00 bits per heavy atom. The van der Waals surface area contributed by atoms with Crippen LogP contribution in [0.1, 0.15) is 75.1 Å². The Morgan fingerprint density at radius 2 is 1.65 bits per heavy atom. The molecule has 0 heterocycles. The van der Waals surface area contributed by atoms with E-state index in [9.17, 15) is 0 Å². The predicted molar refractivity (Wildman–Crippen MR) is 88.2 cm³/mol. The summed E-state index contributed by atoms with van der Waals surface area (Å²) in [7, 11) is 2.13. The van der Waals surface area contributed by atoms with Gasteiger partial charge >= 0.3 is 0 Å². The standard InChI is InChI=1S/C19H31N/c1-4-8-16(9-5-2)19(20-3)18-13-12-15-10-6-7-11-17(15)14-18/h12-14,16,19-20H,4-11H2,1-3H3. The summed E-state index contributed by atoms with van der Waals surface area (Å²) in [5, 5.41) is 3.59. The van der Waals surface area contributed by atoms with Crippen LogP contribution in [0.4, 0.5) is 0 Å². The molecule has 1 unspecified atom stereocenters. The van der Waals surface area contributed by atoms with E-state index in [1.807, 2.05) is 0 Å². The van der Waals surface area contributed by atoms with Gasteiger partial charge in [-0.1, -0.05) is 44.9 Å². The molecule has 0 bridgehead atoms. The van der Waals surface area contributed by atoms with Crippen LogP contribution >= 0.6 is 0 Å². The summed E-state index contributed by atoms with van der Waals surface area (Å²) in [5.41, 5.74) is 4.72. The maximum atomic E-state index is 3.59. The first-order chi connectivity index (χ1) is 9.80. The summed E-state index contributed by atoms with van der Waals surface area (Å²) in [5.74, 6) is 0.775. The van der Waals surface area contributed by atoms with E-state index in [0.29, 0.717) is 6.04 Å². The zero-order valence-electron chi connectivity index (χ0n) is 13.5. The topological polar surface area (TPSA) is 12.0 Å². The Kier molecular flexibility index (Phi) is 6.09. The second-order valence-corrected chi connectivity index (χ2v) is 6.34. The largest absolute Gasteiger partial charge is 0.313 e. The minimum absolute atomic E-state index is 0.530. The third-order valence-corrected chi connectivity index (χ3v) is 4.83. The Hall–Kier alpha value is -0.820. The van der Waals surface area contributed by atoms with E-state index in [0.717, 1.165) is 5.92 Å². The maximum Gasteiger partial charge on any atom is 0.0346 e. The average molecular weight is 273 g/mol. The SMILES string of the molecule is CCCC(CCC)C(NC)c1ccc2c(c1)CCCC2. The van der Waals surface area contributed by atoms with Gasteiger partial charge in [-0.05, 0) is 68.2 Å². The predicted octanol–water partition coefficient (Wildman–Crippen LogP) is 5.04.